The summed E-state index contributed by atoms with van der Waals surface area (Å²) in [6.45, 7) is 5.16. The highest BCUT2D eigenvalue weighted by atomic mass is 15.4. The molecular weight excluding hydrogens is 236 g/mol. The Labute approximate surface area is 113 Å². The van der Waals surface area contributed by atoms with Crippen molar-refractivity contribution in [3.05, 3.63) is 47.7 Å². The SMILES string of the molecule is Cc1cnn([C@@H]2CCN(Cc3ccccc3)C2)c1N. The second kappa shape index (κ2) is 5.05. The summed E-state index contributed by atoms with van der Waals surface area (Å²) in [4.78, 5) is 2.47. The predicted octanol–water partition coefficient (Wildman–Crippen LogP) is 2.22. The number of benzene rings is 1. The van der Waals surface area contributed by atoms with Gasteiger partial charge < -0.3 is 5.73 Å². The molecule has 1 aromatic carbocycles. The van der Waals surface area contributed by atoms with Crippen molar-refractivity contribution in [2.45, 2.75) is 25.9 Å². The highest BCUT2D eigenvalue weighted by Gasteiger charge is 2.25. The number of nitrogens with zero attached hydrogens (tertiary/aromatic N) is 3. The zero-order valence-corrected chi connectivity index (χ0v) is 11.3. The molecule has 0 amide bonds. The summed E-state index contributed by atoms with van der Waals surface area (Å²) in [5.74, 6) is 0.812. The average molecular weight is 256 g/mol. The van der Waals surface area contributed by atoms with E-state index in [4.69, 9.17) is 5.73 Å². The summed E-state index contributed by atoms with van der Waals surface area (Å²) in [6, 6.07) is 11.0. The number of aromatic nitrogens is 2. The Morgan fingerprint density at radius 1 is 1.32 bits per heavy atom. The maximum absolute atomic E-state index is 6.06. The third-order valence-corrected chi connectivity index (χ3v) is 3.87. The van der Waals surface area contributed by atoms with Gasteiger partial charge in [0.1, 0.15) is 5.82 Å². The largest absolute Gasteiger partial charge is 0.384 e. The molecule has 0 saturated carbocycles. The molecule has 0 spiro atoms. The van der Waals surface area contributed by atoms with Crippen molar-refractivity contribution in [1.29, 1.82) is 0 Å². The van der Waals surface area contributed by atoms with Crippen molar-refractivity contribution in [2.75, 3.05) is 18.8 Å². The van der Waals surface area contributed by atoms with E-state index >= 15 is 0 Å². The van der Waals surface area contributed by atoms with Gasteiger partial charge in [0.05, 0.1) is 12.2 Å². The highest BCUT2D eigenvalue weighted by Crippen LogP contribution is 2.25. The van der Waals surface area contributed by atoms with Crippen LogP contribution in [0.25, 0.3) is 0 Å². The number of likely N-dealkylation sites (tertiary alicyclic amines) is 1. The van der Waals surface area contributed by atoms with E-state index < -0.39 is 0 Å². The number of anilines is 1. The Balaban J connectivity index is 1.66. The lowest BCUT2D eigenvalue weighted by Crippen LogP contribution is -2.22. The van der Waals surface area contributed by atoms with Crippen LogP contribution in [0.15, 0.2) is 36.5 Å². The minimum Gasteiger partial charge on any atom is -0.384 e. The summed E-state index contributed by atoms with van der Waals surface area (Å²) in [5.41, 5.74) is 8.50. The van der Waals surface area contributed by atoms with E-state index in [1.165, 1.54) is 5.56 Å². The first-order chi connectivity index (χ1) is 9.24. The van der Waals surface area contributed by atoms with E-state index in [0.717, 1.165) is 37.4 Å². The van der Waals surface area contributed by atoms with Crippen molar-refractivity contribution in [1.82, 2.24) is 14.7 Å². The Bertz CT molecular complexity index is 547. The number of hydrogen-bond donors (Lipinski definition) is 1. The lowest BCUT2D eigenvalue weighted by atomic mass is 10.2. The molecule has 100 valence electrons. The van der Waals surface area contributed by atoms with Crippen LogP contribution in [0.4, 0.5) is 5.82 Å². The molecule has 0 aliphatic carbocycles. The predicted molar refractivity (Wildman–Crippen MR) is 76.7 cm³/mol. The van der Waals surface area contributed by atoms with Gasteiger partial charge in [-0.1, -0.05) is 30.3 Å². The molecule has 1 fully saturated rings. The number of hydrogen-bond acceptors (Lipinski definition) is 3. The average Bonchev–Trinajstić information content (AvgIpc) is 3.00. The second-order valence-corrected chi connectivity index (χ2v) is 5.32. The zero-order valence-electron chi connectivity index (χ0n) is 11.3. The first-order valence-corrected chi connectivity index (χ1v) is 6.80. The van der Waals surface area contributed by atoms with Crippen molar-refractivity contribution in [2.24, 2.45) is 0 Å². The molecule has 0 bridgehead atoms. The Hall–Kier alpha value is -1.81. The van der Waals surface area contributed by atoms with Gasteiger partial charge in [0.15, 0.2) is 0 Å². The van der Waals surface area contributed by atoms with E-state index in [9.17, 15) is 0 Å². The first-order valence-electron chi connectivity index (χ1n) is 6.80. The van der Waals surface area contributed by atoms with Gasteiger partial charge in [-0.3, -0.25) is 4.90 Å². The van der Waals surface area contributed by atoms with Gasteiger partial charge in [-0.15, -0.1) is 0 Å². The van der Waals surface area contributed by atoms with Gasteiger partial charge in [-0.05, 0) is 18.9 Å². The molecule has 1 aliphatic rings. The third kappa shape index (κ3) is 2.49. The van der Waals surface area contributed by atoms with Gasteiger partial charge in [-0.25, -0.2) is 4.68 Å². The Kier molecular flexibility index (Phi) is 3.25. The van der Waals surface area contributed by atoms with Crippen LogP contribution in [0, 0.1) is 6.92 Å². The van der Waals surface area contributed by atoms with Crippen LogP contribution in [0.3, 0.4) is 0 Å². The Morgan fingerprint density at radius 3 is 2.79 bits per heavy atom. The monoisotopic (exact) mass is 256 g/mol. The summed E-state index contributed by atoms with van der Waals surface area (Å²) < 4.78 is 1.99. The fourth-order valence-electron chi connectivity index (χ4n) is 2.75. The van der Waals surface area contributed by atoms with Crippen LogP contribution < -0.4 is 5.73 Å². The molecule has 0 unspecified atom stereocenters. The molecule has 4 nitrogen and oxygen atoms in total. The molecule has 19 heavy (non-hydrogen) atoms. The quantitative estimate of drug-likeness (QED) is 0.916. The van der Waals surface area contributed by atoms with Crippen molar-refractivity contribution >= 4 is 5.82 Å². The van der Waals surface area contributed by atoms with Crippen LogP contribution in [-0.2, 0) is 6.54 Å². The summed E-state index contributed by atoms with van der Waals surface area (Å²) in [5, 5.41) is 4.40. The van der Waals surface area contributed by atoms with E-state index in [2.05, 4.69) is 40.3 Å². The number of rotatable bonds is 3. The molecule has 4 heteroatoms. The maximum Gasteiger partial charge on any atom is 0.124 e. The van der Waals surface area contributed by atoms with Crippen LogP contribution in [0.2, 0.25) is 0 Å². The molecule has 0 radical (unpaired) electrons. The molecule has 2 aromatic rings. The van der Waals surface area contributed by atoms with Crippen molar-refractivity contribution in [3.8, 4) is 0 Å². The molecule has 1 saturated heterocycles. The fourth-order valence-corrected chi connectivity index (χ4v) is 2.75. The normalized spacial score (nSPS) is 19.9. The molecule has 1 aromatic heterocycles. The molecule has 1 aliphatic heterocycles. The number of nitrogen functional groups attached to an aromatic ring is 1. The summed E-state index contributed by atoms with van der Waals surface area (Å²) in [7, 11) is 0. The molecule has 2 heterocycles. The molecule has 1 atom stereocenters. The topological polar surface area (TPSA) is 47.1 Å². The second-order valence-electron chi connectivity index (χ2n) is 5.32. The van der Waals surface area contributed by atoms with E-state index in [-0.39, 0.29) is 0 Å². The summed E-state index contributed by atoms with van der Waals surface area (Å²) >= 11 is 0. The zero-order chi connectivity index (χ0) is 13.2. The van der Waals surface area contributed by atoms with Gasteiger partial charge in [0, 0.05) is 25.2 Å². The van der Waals surface area contributed by atoms with E-state index in [1.54, 1.807) is 0 Å². The molecule has 2 N–H and O–H groups in total. The highest BCUT2D eigenvalue weighted by molar-refractivity contribution is 5.37. The van der Waals surface area contributed by atoms with Crippen molar-refractivity contribution in [3.63, 3.8) is 0 Å². The smallest absolute Gasteiger partial charge is 0.124 e. The standard InChI is InChI=1S/C15H20N4/c1-12-9-17-19(15(12)16)14-7-8-18(11-14)10-13-5-3-2-4-6-13/h2-6,9,14H,7-8,10-11,16H2,1H3/t14-/m1/s1. The minimum absolute atomic E-state index is 0.414. The van der Waals surface area contributed by atoms with Gasteiger partial charge in [-0.2, -0.15) is 5.10 Å². The molecule has 3 rings (SSSR count). The Morgan fingerprint density at radius 2 is 2.11 bits per heavy atom. The summed E-state index contributed by atoms with van der Waals surface area (Å²) in [6.07, 6.45) is 2.98. The van der Waals surface area contributed by atoms with Gasteiger partial charge in [0.25, 0.3) is 0 Å². The fraction of sp³-hybridized carbons (Fsp3) is 0.400. The third-order valence-electron chi connectivity index (χ3n) is 3.87. The van der Waals surface area contributed by atoms with Gasteiger partial charge in [0.2, 0.25) is 0 Å². The van der Waals surface area contributed by atoms with Crippen LogP contribution >= 0.6 is 0 Å². The lowest BCUT2D eigenvalue weighted by Gasteiger charge is -2.17. The van der Waals surface area contributed by atoms with Crippen molar-refractivity contribution < 1.29 is 0 Å². The van der Waals surface area contributed by atoms with E-state index in [0.29, 0.717) is 6.04 Å². The van der Waals surface area contributed by atoms with E-state index in [1.807, 2.05) is 17.8 Å². The van der Waals surface area contributed by atoms with Crippen LogP contribution in [0.1, 0.15) is 23.6 Å². The number of aryl methyl sites for hydroxylation is 1. The van der Waals surface area contributed by atoms with Crippen LogP contribution in [0.5, 0.6) is 0 Å². The number of nitrogens with two attached hydrogens (primary N) is 1. The minimum atomic E-state index is 0.414. The van der Waals surface area contributed by atoms with Crippen LogP contribution in [-0.4, -0.2) is 27.8 Å². The maximum atomic E-state index is 6.06. The van der Waals surface area contributed by atoms with Gasteiger partial charge >= 0.3 is 0 Å². The lowest BCUT2D eigenvalue weighted by molar-refractivity contribution is 0.312. The first kappa shape index (κ1) is 12.2. The molecular formula is C15H20N4.